The number of primary amides is 1. The van der Waals surface area contributed by atoms with Crippen molar-refractivity contribution in [1.29, 1.82) is 0 Å². The second kappa shape index (κ2) is 25.6. The summed E-state index contributed by atoms with van der Waals surface area (Å²) in [5.74, 6) is 0.542. The summed E-state index contributed by atoms with van der Waals surface area (Å²) in [5, 5.41) is 14.6. The Bertz CT molecular complexity index is 1550. The van der Waals surface area contributed by atoms with Gasteiger partial charge < -0.3 is 35.5 Å². The molecular formula is C41H63N7O6. The van der Waals surface area contributed by atoms with Gasteiger partial charge in [-0.25, -0.2) is 9.48 Å². The van der Waals surface area contributed by atoms with Crippen LogP contribution in [0.4, 0.5) is 10.5 Å². The molecule has 4 N–H and O–H groups in total. The molecular weight excluding hydrogens is 686 g/mol. The first kappa shape index (κ1) is 44.1. The number of fused-ring (bicyclic) bond motifs is 5. The number of anilines is 1. The minimum absolute atomic E-state index is 0.0941. The SMILES string of the molecule is CC(C)CCCCCCCNC(=O)CCC(=O)N1Cc2ccccc2-c2c(nnn2CCOCCOCCOCCNC(N)=O)-c2ccccc21.CCC. The molecule has 2 heterocycles. The lowest BCUT2D eigenvalue weighted by atomic mass is 9.95. The standard InChI is InChI=1S/C38H55N7O6.C3H8/c1-29(2)12-6-4-3-5-11-19-40-34(46)17-18-35(47)44-28-30-13-7-8-14-31(30)37-36(32-15-9-10-16-33(32)44)42-43-45(37)21-23-50-25-27-51-26-24-49-22-20-41-38(39)48;1-3-2/h7-10,13-16,29H,3-6,11-12,17-28H2,1-2H3,(H,40,46)(H3,39,41,48);3H2,1-2H3. The van der Waals surface area contributed by atoms with Crippen molar-refractivity contribution in [2.75, 3.05) is 57.6 Å². The van der Waals surface area contributed by atoms with Gasteiger partial charge in [0.15, 0.2) is 0 Å². The number of hydrogen-bond acceptors (Lipinski definition) is 8. The lowest BCUT2D eigenvalue weighted by Crippen LogP contribution is -2.33. The first-order valence-corrected chi connectivity index (χ1v) is 19.7. The van der Waals surface area contributed by atoms with Crippen LogP contribution in [0, 0.1) is 5.92 Å². The van der Waals surface area contributed by atoms with E-state index in [0.717, 1.165) is 46.8 Å². The van der Waals surface area contributed by atoms with Crippen LogP contribution in [0.15, 0.2) is 48.5 Å². The van der Waals surface area contributed by atoms with Gasteiger partial charge in [-0.2, -0.15) is 0 Å². The number of nitrogens with two attached hydrogens (primary N) is 1. The fourth-order valence-corrected chi connectivity index (χ4v) is 6.01. The van der Waals surface area contributed by atoms with Crippen LogP contribution in [0.2, 0.25) is 0 Å². The molecule has 0 saturated carbocycles. The van der Waals surface area contributed by atoms with Gasteiger partial charge >= 0.3 is 6.03 Å². The van der Waals surface area contributed by atoms with Crippen molar-refractivity contribution in [2.24, 2.45) is 11.7 Å². The summed E-state index contributed by atoms with van der Waals surface area (Å²) in [7, 11) is 0. The lowest BCUT2D eigenvalue weighted by Gasteiger charge is -2.28. The van der Waals surface area contributed by atoms with Crippen LogP contribution < -0.4 is 21.3 Å². The predicted octanol–water partition coefficient (Wildman–Crippen LogP) is 6.49. The van der Waals surface area contributed by atoms with Gasteiger partial charge in [0.2, 0.25) is 11.8 Å². The molecule has 1 aliphatic heterocycles. The molecule has 4 amide bonds. The number of nitrogens with one attached hydrogen (secondary N) is 2. The van der Waals surface area contributed by atoms with Crippen molar-refractivity contribution < 1.29 is 28.6 Å². The molecule has 2 aromatic carbocycles. The van der Waals surface area contributed by atoms with E-state index in [4.69, 9.17) is 19.9 Å². The summed E-state index contributed by atoms with van der Waals surface area (Å²) < 4.78 is 18.6. The maximum absolute atomic E-state index is 13.8. The highest BCUT2D eigenvalue weighted by Gasteiger charge is 2.29. The van der Waals surface area contributed by atoms with E-state index in [1.165, 1.54) is 32.1 Å². The highest BCUT2D eigenvalue weighted by atomic mass is 16.5. The average molecular weight is 750 g/mol. The van der Waals surface area contributed by atoms with E-state index < -0.39 is 6.03 Å². The number of hydrogen-bond donors (Lipinski definition) is 3. The van der Waals surface area contributed by atoms with Crippen LogP contribution in [0.3, 0.4) is 0 Å². The summed E-state index contributed by atoms with van der Waals surface area (Å²) in [6, 6.07) is 15.1. The second-order valence-electron chi connectivity index (χ2n) is 13.8. The third kappa shape index (κ3) is 15.6. The normalized spacial score (nSPS) is 11.8. The number of benzene rings is 2. The molecule has 0 aliphatic carbocycles. The first-order chi connectivity index (χ1) is 26.3. The molecule has 0 atom stereocenters. The van der Waals surface area contributed by atoms with Crippen molar-refractivity contribution in [3.05, 3.63) is 54.1 Å². The Morgan fingerprint density at radius 3 is 2.13 bits per heavy atom. The van der Waals surface area contributed by atoms with Gasteiger partial charge in [0.05, 0.1) is 64.1 Å². The van der Waals surface area contributed by atoms with Crippen molar-refractivity contribution in [2.45, 2.75) is 98.6 Å². The number of unbranched alkanes of at least 4 members (excludes halogenated alkanes) is 4. The Morgan fingerprint density at radius 2 is 1.41 bits per heavy atom. The van der Waals surface area contributed by atoms with Crippen LogP contribution in [-0.2, 0) is 36.9 Å². The number of rotatable bonds is 23. The summed E-state index contributed by atoms with van der Waals surface area (Å²) in [6.07, 6.45) is 8.53. The highest BCUT2D eigenvalue weighted by Crippen LogP contribution is 2.41. The van der Waals surface area contributed by atoms with Gasteiger partial charge in [-0.05, 0) is 24.0 Å². The summed E-state index contributed by atoms with van der Waals surface area (Å²) >= 11 is 0. The molecule has 3 aromatic rings. The maximum Gasteiger partial charge on any atom is 0.312 e. The highest BCUT2D eigenvalue weighted by molar-refractivity contribution is 6.01. The Balaban J connectivity index is 0.00000253. The zero-order valence-electron chi connectivity index (χ0n) is 32.9. The van der Waals surface area contributed by atoms with Crippen LogP contribution >= 0.6 is 0 Å². The van der Waals surface area contributed by atoms with Gasteiger partial charge in [0.25, 0.3) is 0 Å². The number of nitrogens with zero attached hydrogens (tertiary/aromatic N) is 4. The van der Waals surface area contributed by atoms with Crippen LogP contribution in [0.25, 0.3) is 22.5 Å². The molecule has 13 nitrogen and oxygen atoms in total. The predicted molar refractivity (Wildman–Crippen MR) is 213 cm³/mol. The van der Waals surface area contributed by atoms with E-state index in [0.29, 0.717) is 71.5 Å². The Labute approximate surface area is 321 Å². The van der Waals surface area contributed by atoms with E-state index in [9.17, 15) is 14.4 Å². The van der Waals surface area contributed by atoms with Crippen LogP contribution in [-0.4, -0.2) is 85.6 Å². The average Bonchev–Trinajstić information content (AvgIpc) is 3.56. The monoisotopic (exact) mass is 749 g/mol. The lowest BCUT2D eigenvalue weighted by molar-refractivity contribution is -0.125. The largest absolute Gasteiger partial charge is 0.377 e. The Kier molecular flexibility index (Phi) is 20.9. The van der Waals surface area contributed by atoms with Crippen molar-refractivity contribution in [3.8, 4) is 22.5 Å². The van der Waals surface area contributed by atoms with E-state index in [-0.39, 0.29) is 24.7 Å². The third-order valence-electron chi connectivity index (χ3n) is 8.67. The molecule has 13 heteroatoms. The van der Waals surface area contributed by atoms with E-state index in [1.54, 1.807) is 4.90 Å². The topological polar surface area (TPSA) is 163 Å². The number of aromatic nitrogens is 3. The molecule has 1 aromatic heterocycles. The zero-order chi connectivity index (χ0) is 39.0. The van der Waals surface area contributed by atoms with Crippen molar-refractivity contribution in [1.82, 2.24) is 25.6 Å². The molecule has 0 spiro atoms. The number of amides is 4. The van der Waals surface area contributed by atoms with Gasteiger partial charge in [-0.1, -0.05) is 114 Å². The minimum Gasteiger partial charge on any atom is -0.377 e. The van der Waals surface area contributed by atoms with E-state index >= 15 is 0 Å². The summed E-state index contributed by atoms with van der Waals surface area (Å²) in [4.78, 5) is 38.9. The van der Waals surface area contributed by atoms with Crippen LogP contribution in [0.1, 0.15) is 91.0 Å². The quantitative estimate of drug-likeness (QED) is 0.0928. The number of para-hydroxylation sites is 1. The molecule has 0 bridgehead atoms. The van der Waals surface area contributed by atoms with Crippen LogP contribution in [0.5, 0.6) is 0 Å². The number of carbonyl (C=O) groups excluding carboxylic acids is 3. The zero-order valence-corrected chi connectivity index (χ0v) is 32.9. The minimum atomic E-state index is -0.575. The van der Waals surface area contributed by atoms with Crippen molar-refractivity contribution >= 4 is 23.5 Å². The summed E-state index contributed by atoms with van der Waals surface area (Å²) in [5.41, 5.74) is 10.0. The molecule has 0 fully saturated rings. The van der Waals surface area contributed by atoms with Gasteiger partial charge in [0, 0.05) is 37.1 Å². The fraction of sp³-hybridized carbons (Fsp3) is 0.585. The van der Waals surface area contributed by atoms with E-state index in [2.05, 4.69) is 48.6 Å². The fourth-order valence-electron chi connectivity index (χ4n) is 6.01. The molecule has 0 unspecified atom stereocenters. The van der Waals surface area contributed by atoms with Gasteiger partial charge in [0.1, 0.15) is 5.69 Å². The molecule has 0 radical (unpaired) electrons. The Morgan fingerprint density at radius 1 is 0.778 bits per heavy atom. The number of ether oxygens (including phenoxy) is 3. The Hall–Kier alpha value is -4.33. The van der Waals surface area contributed by atoms with Crippen molar-refractivity contribution in [3.63, 3.8) is 0 Å². The second-order valence-corrected chi connectivity index (χ2v) is 13.8. The third-order valence-corrected chi connectivity index (χ3v) is 8.67. The number of urea groups is 1. The molecule has 0 saturated heterocycles. The maximum atomic E-state index is 13.8. The number of carbonyl (C=O) groups is 3. The molecule has 1 aliphatic rings. The molecule has 4 rings (SSSR count). The van der Waals surface area contributed by atoms with Gasteiger partial charge in [-0.3, -0.25) is 9.59 Å². The summed E-state index contributed by atoms with van der Waals surface area (Å²) in [6.45, 7) is 13.0. The molecule has 54 heavy (non-hydrogen) atoms. The smallest absolute Gasteiger partial charge is 0.312 e. The molecule has 298 valence electrons. The van der Waals surface area contributed by atoms with E-state index in [1.807, 2.05) is 53.2 Å². The first-order valence-electron chi connectivity index (χ1n) is 19.7. The van der Waals surface area contributed by atoms with Gasteiger partial charge in [-0.15, -0.1) is 5.10 Å².